The van der Waals surface area contributed by atoms with E-state index in [1.54, 1.807) is 73.0 Å². The molecule has 0 bridgehead atoms. The summed E-state index contributed by atoms with van der Waals surface area (Å²) >= 11 is 4.08. The number of aliphatic hydroxyl groups is 1. The van der Waals surface area contributed by atoms with Gasteiger partial charge in [-0.1, -0.05) is 0 Å². The molecule has 1 N–H and O–H groups in total. The third-order valence-electron chi connectivity index (χ3n) is 4.18. The van der Waals surface area contributed by atoms with E-state index in [4.69, 9.17) is 10.5 Å². The van der Waals surface area contributed by atoms with Crippen LogP contribution in [0, 0.1) is 30.1 Å². The Morgan fingerprint density at radius 3 is 1.91 bits per heavy atom. The molecular weight excluding hydrogens is 666 g/mol. The first-order valence-electron chi connectivity index (χ1n) is 9.44. The molecule has 0 fully saturated rings. The molecule has 4 aromatic heterocycles. The summed E-state index contributed by atoms with van der Waals surface area (Å²) in [5.74, 6) is 0. The Morgan fingerprint density at radius 1 is 0.941 bits per heavy atom. The molecule has 1 unspecified atom stereocenters. The molecule has 1 atom stereocenters. The fraction of sp³-hybridized carbons (Fsp3) is 0.250. The number of nitrogens with zero attached hydrogens (tertiary/aromatic N) is 10. The van der Waals surface area contributed by atoms with Crippen LogP contribution in [0.15, 0.2) is 30.7 Å². The molecule has 176 valence electrons. The maximum absolute atomic E-state index is 10.2. The average molecular weight is 686 g/mol. The van der Waals surface area contributed by atoms with Crippen LogP contribution in [-0.4, -0.2) is 50.5 Å². The second-order valence-corrected chi connectivity index (χ2v) is 8.84. The highest BCUT2D eigenvalue weighted by atomic mass is 127. The zero-order chi connectivity index (χ0) is 25.4. The van der Waals surface area contributed by atoms with Gasteiger partial charge in [-0.05, 0) is 51.2 Å². The Bertz CT molecular complexity index is 1350. The van der Waals surface area contributed by atoms with Crippen molar-refractivity contribution in [3.8, 4) is 12.1 Å². The van der Waals surface area contributed by atoms with Gasteiger partial charge in [-0.15, -0.1) is 0 Å². The SMILES string of the molecule is Cn1cc(C(O)c2cc(C#N)nn2C)c(I)n1.Cn1cc(C=O)c(I)n1.Cn1ccc(C#N)n1. The predicted octanol–water partition coefficient (Wildman–Crippen LogP) is 1.84. The molecule has 0 aliphatic rings. The van der Waals surface area contributed by atoms with Crippen LogP contribution in [0.4, 0.5) is 0 Å². The minimum Gasteiger partial charge on any atom is -0.382 e. The number of nitriles is 2. The van der Waals surface area contributed by atoms with E-state index in [1.165, 1.54) is 4.68 Å². The van der Waals surface area contributed by atoms with E-state index in [1.807, 2.05) is 34.7 Å². The van der Waals surface area contributed by atoms with Crippen LogP contribution < -0.4 is 0 Å². The lowest BCUT2D eigenvalue weighted by Crippen LogP contribution is -2.07. The van der Waals surface area contributed by atoms with Crippen LogP contribution in [0.5, 0.6) is 0 Å². The predicted molar refractivity (Wildman–Crippen MR) is 137 cm³/mol. The van der Waals surface area contributed by atoms with Crippen molar-refractivity contribution in [2.75, 3.05) is 0 Å². The standard InChI is InChI=1S/C10H10IN5O.C5H5IN2O.C5H5N3/c1-15-5-7(10(11)14-15)9(17)8-3-6(4-12)13-16(8)2;1-8-2-4(3-9)5(6)7-8;1-8-3-2-5(4-6)7-8/h3,5,9,17H,1-2H3;2-3H,1H3;2-3H,1H3. The number of aldehydes is 1. The van der Waals surface area contributed by atoms with Gasteiger partial charge >= 0.3 is 0 Å². The largest absolute Gasteiger partial charge is 0.382 e. The van der Waals surface area contributed by atoms with Crippen molar-refractivity contribution >= 4 is 51.5 Å². The van der Waals surface area contributed by atoms with Crippen LogP contribution >= 0.6 is 45.2 Å². The summed E-state index contributed by atoms with van der Waals surface area (Å²) in [4.78, 5) is 10.2. The number of rotatable bonds is 3. The van der Waals surface area contributed by atoms with Gasteiger partial charge in [0.05, 0.1) is 11.3 Å². The molecule has 12 nitrogen and oxygen atoms in total. The molecule has 4 rings (SSSR count). The van der Waals surface area contributed by atoms with E-state index in [9.17, 15) is 9.90 Å². The molecule has 34 heavy (non-hydrogen) atoms. The number of carbonyl (C=O) groups excluding carboxylic acids is 1. The number of carbonyl (C=O) groups is 1. The Morgan fingerprint density at radius 2 is 1.56 bits per heavy atom. The molecule has 4 aromatic rings. The minimum atomic E-state index is -0.824. The first-order valence-corrected chi connectivity index (χ1v) is 11.6. The second-order valence-electron chi connectivity index (χ2n) is 6.79. The van der Waals surface area contributed by atoms with E-state index in [0.29, 0.717) is 28.2 Å². The lowest BCUT2D eigenvalue weighted by molar-refractivity contribution is 0.112. The van der Waals surface area contributed by atoms with Gasteiger partial charge in [0.1, 0.15) is 25.6 Å². The van der Waals surface area contributed by atoms with E-state index < -0.39 is 6.10 Å². The quantitative estimate of drug-likeness (QED) is 0.253. The van der Waals surface area contributed by atoms with Crippen molar-refractivity contribution in [2.24, 2.45) is 28.2 Å². The smallest absolute Gasteiger partial charge is 0.162 e. The van der Waals surface area contributed by atoms with Crippen LogP contribution in [-0.2, 0) is 28.2 Å². The normalized spacial score (nSPS) is 10.7. The molecule has 0 aromatic carbocycles. The van der Waals surface area contributed by atoms with Gasteiger partial charge in [0.25, 0.3) is 0 Å². The highest BCUT2D eigenvalue weighted by Gasteiger charge is 2.20. The van der Waals surface area contributed by atoms with E-state index in [0.717, 1.165) is 13.7 Å². The van der Waals surface area contributed by atoms with Crippen molar-refractivity contribution in [1.82, 2.24) is 39.1 Å². The zero-order valence-electron chi connectivity index (χ0n) is 18.6. The van der Waals surface area contributed by atoms with Crippen molar-refractivity contribution in [1.29, 1.82) is 10.5 Å². The van der Waals surface area contributed by atoms with Gasteiger partial charge in [0.2, 0.25) is 0 Å². The summed E-state index contributed by atoms with van der Waals surface area (Å²) in [5.41, 5.74) is 2.69. The summed E-state index contributed by atoms with van der Waals surface area (Å²) in [6.45, 7) is 0. The molecular formula is C20H20I2N10O2. The zero-order valence-corrected chi connectivity index (χ0v) is 22.9. The number of hydrogen-bond donors (Lipinski definition) is 1. The topological polar surface area (TPSA) is 156 Å². The second kappa shape index (κ2) is 12.4. The Balaban J connectivity index is 0.000000201. The third kappa shape index (κ3) is 7.20. The minimum absolute atomic E-state index is 0.292. The summed E-state index contributed by atoms with van der Waals surface area (Å²) in [7, 11) is 7.06. The number of hydrogen-bond acceptors (Lipinski definition) is 8. The van der Waals surface area contributed by atoms with Crippen LogP contribution in [0.25, 0.3) is 0 Å². The van der Waals surface area contributed by atoms with Crippen molar-refractivity contribution in [3.63, 3.8) is 0 Å². The lowest BCUT2D eigenvalue weighted by atomic mass is 10.1. The maximum Gasteiger partial charge on any atom is 0.162 e. The van der Waals surface area contributed by atoms with Gasteiger partial charge in [0, 0.05) is 58.4 Å². The number of aliphatic hydroxyl groups excluding tert-OH is 1. The van der Waals surface area contributed by atoms with Crippen molar-refractivity contribution < 1.29 is 9.90 Å². The average Bonchev–Trinajstić information content (AvgIpc) is 3.55. The molecule has 0 saturated carbocycles. The molecule has 4 heterocycles. The highest BCUT2D eigenvalue weighted by Crippen LogP contribution is 2.25. The first kappa shape index (κ1) is 27.2. The van der Waals surface area contributed by atoms with Crippen LogP contribution in [0.3, 0.4) is 0 Å². The van der Waals surface area contributed by atoms with Crippen LogP contribution in [0.2, 0.25) is 0 Å². The summed E-state index contributed by atoms with van der Waals surface area (Å²) in [5, 5.41) is 43.1. The first-order chi connectivity index (χ1) is 16.1. The van der Waals surface area contributed by atoms with Gasteiger partial charge < -0.3 is 5.11 Å². The van der Waals surface area contributed by atoms with Crippen molar-refractivity contribution in [2.45, 2.75) is 6.10 Å². The van der Waals surface area contributed by atoms with E-state index in [-0.39, 0.29) is 0 Å². The summed E-state index contributed by atoms with van der Waals surface area (Å²) in [6.07, 6.45) is 5.16. The number of aryl methyl sites for hydroxylation is 4. The monoisotopic (exact) mass is 686 g/mol. The number of aromatic nitrogens is 8. The molecule has 0 aliphatic heterocycles. The molecule has 0 spiro atoms. The third-order valence-corrected chi connectivity index (χ3v) is 5.86. The molecule has 0 radical (unpaired) electrons. The van der Waals surface area contributed by atoms with Gasteiger partial charge in [0.15, 0.2) is 17.7 Å². The van der Waals surface area contributed by atoms with Crippen LogP contribution in [0.1, 0.15) is 39.1 Å². The fourth-order valence-electron chi connectivity index (χ4n) is 2.65. The fourth-order valence-corrected chi connectivity index (χ4v) is 4.03. The Hall–Kier alpha value is -3.09. The Labute approximate surface area is 222 Å². The molecule has 14 heteroatoms. The Kier molecular flexibility index (Phi) is 9.90. The molecule has 0 saturated heterocycles. The summed E-state index contributed by atoms with van der Waals surface area (Å²) in [6, 6.07) is 7.11. The molecule has 0 aliphatic carbocycles. The van der Waals surface area contributed by atoms with Gasteiger partial charge in [-0.3, -0.25) is 23.5 Å². The highest BCUT2D eigenvalue weighted by molar-refractivity contribution is 14.1. The summed E-state index contributed by atoms with van der Waals surface area (Å²) < 4.78 is 7.85. The van der Waals surface area contributed by atoms with E-state index >= 15 is 0 Å². The molecule has 0 amide bonds. The lowest BCUT2D eigenvalue weighted by Gasteiger charge is -2.08. The van der Waals surface area contributed by atoms with Gasteiger partial charge in [-0.25, -0.2) is 0 Å². The van der Waals surface area contributed by atoms with Gasteiger partial charge in [-0.2, -0.15) is 30.9 Å². The number of halogens is 2. The van der Waals surface area contributed by atoms with E-state index in [2.05, 4.69) is 43.0 Å². The van der Waals surface area contributed by atoms with Crippen molar-refractivity contribution in [3.05, 3.63) is 66.3 Å². The maximum atomic E-state index is 10.2.